The lowest BCUT2D eigenvalue weighted by atomic mass is 9.97. The highest BCUT2D eigenvalue weighted by Crippen LogP contribution is 2.36. The van der Waals surface area contributed by atoms with Crippen molar-refractivity contribution in [2.45, 2.75) is 26.5 Å². The number of esters is 1. The van der Waals surface area contributed by atoms with Crippen molar-refractivity contribution in [1.82, 2.24) is 4.57 Å². The van der Waals surface area contributed by atoms with E-state index in [0.29, 0.717) is 66.0 Å². The molecule has 0 saturated carbocycles. The molecule has 1 aliphatic rings. The Hall–Kier alpha value is -3.93. The van der Waals surface area contributed by atoms with Crippen LogP contribution in [0.25, 0.3) is 6.08 Å². The predicted molar refractivity (Wildman–Crippen MR) is 170 cm³/mol. The minimum absolute atomic E-state index is 0.118. The SMILES string of the molecule is CCOc1ccc([C@@H]2C(C(=O)OC)=CN=c3s/c(=C\c4cc(Cl)c(OCc5cccc(F)c5)c(Br)c4)c(=O)n32)cc1OCC. The molecule has 0 bridgehead atoms. The first-order valence-electron chi connectivity index (χ1n) is 13.6. The lowest BCUT2D eigenvalue weighted by Gasteiger charge is -2.23. The predicted octanol–water partition coefficient (Wildman–Crippen LogP) is 5.95. The van der Waals surface area contributed by atoms with E-state index in [1.807, 2.05) is 13.8 Å². The molecule has 5 rings (SSSR count). The van der Waals surface area contributed by atoms with Crippen LogP contribution in [0.2, 0.25) is 5.02 Å². The second-order valence-electron chi connectivity index (χ2n) is 9.48. The topological polar surface area (TPSA) is 88.4 Å². The molecule has 2 heterocycles. The first-order chi connectivity index (χ1) is 21.2. The normalized spacial score (nSPS) is 14.4. The van der Waals surface area contributed by atoms with E-state index < -0.39 is 12.0 Å². The molecule has 0 spiro atoms. The Morgan fingerprint density at radius 1 is 1.09 bits per heavy atom. The van der Waals surface area contributed by atoms with E-state index in [-0.39, 0.29) is 23.6 Å². The summed E-state index contributed by atoms with van der Waals surface area (Å²) in [6.07, 6.45) is 3.13. The number of rotatable bonds is 10. The van der Waals surface area contributed by atoms with Gasteiger partial charge in [-0.2, -0.15) is 0 Å². The number of ether oxygens (including phenoxy) is 4. The number of methoxy groups -OCH3 is 1. The first-order valence-corrected chi connectivity index (χ1v) is 15.6. The summed E-state index contributed by atoms with van der Waals surface area (Å²) in [5.74, 6) is 0.475. The fraction of sp³-hybridized carbons (Fsp3) is 0.219. The summed E-state index contributed by atoms with van der Waals surface area (Å²) in [7, 11) is 1.28. The monoisotopic (exact) mass is 700 g/mol. The van der Waals surface area contributed by atoms with Gasteiger partial charge in [0.05, 0.1) is 46.0 Å². The van der Waals surface area contributed by atoms with E-state index in [0.717, 1.165) is 0 Å². The Labute approximate surface area is 269 Å². The van der Waals surface area contributed by atoms with Crippen molar-refractivity contribution in [3.63, 3.8) is 0 Å². The molecule has 0 aliphatic carbocycles. The van der Waals surface area contributed by atoms with Gasteiger partial charge in [0.15, 0.2) is 22.0 Å². The molecular weight excluding hydrogens is 675 g/mol. The second-order valence-corrected chi connectivity index (χ2v) is 11.8. The van der Waals surface area contributed by atoms with Crippen molar-refractivity contribution >= 4 is 50.9 Å². The highest BCUT2D eigenvalue weighted by molar-refractivity contribution is 9.10. The van der Waals surface area contributed by atoms with Crippen LogP contribution in [0.15, 0.2) is 80.6 Å². The van der Waals surface area contributed by atoms with Crippen molar-refractivity contribution in [3.05, 3.63) is 118 Å². The van der Waals surface area contributed by atoms with Crippen LogP contribution in [-0.4, -0.2) is 30.9 Å². The number of nitrogens with zero attached hydrogens (tertiary/aromatic N) is 2. The highest BCUT2D eigenvalue weighted by Gasteiger charge is 2.31. The molecule has 0 fully saturated rings. The number of aromatic nitrogens is 1. The molecule has 44 heavy (non-hydrogen) atoms. The smallest absolute Gasteiger partial charge is 0.337 e. The molecule has 8 nitrogen and oxygen atoms in total. The van der Waals surface area contributed by atoms with Gasteiger partial charge in [-0.1, -0.05) is 41.1 Å². The molecule has 228 valence electrons. The summed E-state index contributed by atoms with van der Waals surface area (Å²) in [5, 5.41) is 0.304. The minimum Gasteiger partial charge on any atom is -0.490 e. The number of thiazole rings is 1. The van der Waals surface area contributed by atoms with Crippen LogP contribution in [0.4, 0.5) is 4.39 Å². The molecule has 1 atom stereocenters. The van der Waals surface area contributed by atoms with Gasteiger partial charge in [0, 0.05) is 6.20 Å². The lowest BCUT2D eigenvalue weighted by molar-refractivity contribution is -0.136. The van der Waals surface area contributed by atoms with E-state index in [1.54, 1.807) is 48.5 Å². The van der Waals surface area contributed by atoms with Gasteiger partial charge >= 0.3 is 5.97 Å². The van der Waals surface area contributed by atoms with E-state index in [4.69, 9.17) is 30.5 Å². The van der Waals surface area contributed by atoms with Crippen molar-refractivity contribution in [3.8, 4) is 17.2 Å². The maximum Gasteiger partial charge on any atom is 0.337 e. The third kappa shape index (κ3) is 6.59. The highest BCUT2D eigenvalue weighted by atomic mass is 79.9. The van der Waals surface area contributed by atoms with Crippen LogP contribution in [-0.2, 0) is 16.1 Å². The number of hydrogen-bond donors (Lipinski definition) is 0. The summed E-state index contributed by atoms with van der Waals surface area (Å²) in [6, 6.07) is 14.0. The molecule has 4 aromatic rings. The van der Waals surface area contributed by atoms with Crippen molar-refractivity contribution < 1.29 is 28.1 Å². The molecule has 0 radical (unpaired) electrons. The Morgan fingerprint density at radius 2 is 1.86 bits per heavy atom. The number of carbonyl (C=O) groups is 1. The van der Waals surface area contributed by atoms with Gasteiger partial charge in [0.25, 0.3) is 5.56 Å². The molecule has 0 unspecified atom stereocenters. The zero-order chi connectivity index (χ0) is 31.4. The van der Waals surface area contributed by atoms with Gasteiger partial charge in [0.2, 0.25) is 0 Å². The first kappa shape index (κ1) is 31.5. The Bertz CT molecular complexity index is 1920. The van der Waals surface area contributed by atoms with E-state index in [2.05, 4.69) is 20.9 Å². The molecule has 1 aromatic heterocycles. The fourth-order valence-electron chi connectivity index (χ4n) is 4.72. The largest absolute Gasteiger partial charge is 0.490 e. The molecule has 12 heteroatoms. The van der Waals surface area contributed by atoms with Crippen molar-refractivity contribution in [2.24, 2.45) is 4.99 Å². The molecule has 0 amide bonds. The van der Waals surface area contributed by atoms with Crippen molar-refractivity contribution in [1.29, 1.82) is 0 Å². The van der Waals surface area contributed by atoms with Gasteiger partial charge < -0.3 is 18.9 Å². The van der Waals surface area contributed by atoms with Crippen LogP contribution < -0.4 is 29.1 Å². The lowest BCUT2D eigenvalue weighted by Crippen LogP contribution is -2.39. The van der Waals surface area contributed by atoms with Crippen molar-refractivity contribution in [2.75, 3.05) is 20.3 Å². The third-order valence-corrected chi connectivity index (χ3v) is 8.47. The van der Waals surface area contributed by atoms with Crippen LogP contribution >= 0.6 is 38.9 Å². The molecular formula is C32H27BrClFN2O6S. The number of hydrogen-bond acceptors (Lipinski definition) is 8. The van der Waals surface area contributed by atoms with Crippen LogP contribution in [0, 0.1) is 5.82 Å². The maximum atomic E-state index is 13.9. The average Bonchev–Trinajstić information content (AvgIpc) is 3.31. The maximum absolute atomic E-state index is 13.9. The molecule has 0 saturated heterocycles. The zero-order valence-electron chi connectivity index (χ0n) is 23.9. The number of benzene rings is 3. The standard InChI is InChI=1S/C32H27BrClFN2O6S/c1-4-41-25-10-9-20(15-26(25)42-5-2)28-22(31(39)40-3)16-36-32-37(28)30(38)27(44-32)14-19-12-23(33)29(24(34)13-19)43-17-18-7-6-8-21(35)11-18/h6-16,28H,4-5,17H2,1-3H3/b27-14-/t28-/m1/s1. The van der Waals surface area contributed by atoms with Crippen LogP contribution in [0.5, 0.6) is 17.2 Å². The number of carbonyl (C=O) groups excluding carboxylic acids is 1. The van der Waals surface area contributed by atoms with E-state index >= 15 is 0 Å². The summed E-state index contributed by atoms with van der Waals surface area (Å²) in [5.41, 5.74) is 1.76. The Kier molecular flexibility index (Phi) is 9.87. The molecule has 0 N–H and O–H groups in total. The van der Waals surface area contributed by atoms with Gasteiger partial charge in [-0.3, -0.25) is 9.36 Å². The average molecular weight is 702 g/mol. The van der Waals surface area contributed by atoms with Gasteiger partial charge in [-0.15, -0.1) is 0 Å². The summed E-state index contributed by atoms with van der Waals surface area (Å²) in [6.45, 7) is 4.70. The number of fused-ring (bicyclic) bond motifs is 1. The zero-order valence-corrected chi connectivity index (χ0v) is 27.1. The van der Waals surface area contributed by atoms with Crippen LogP contribution in [0.1, 0.15) is 36.6 Å². The fourth-order valence-corrected chi connectivity index (χ4v) is 6.68. The quantitative estimate of drug-likeness (QED) is 0.190. The van der Waals surface area contributed by atoms with Gasteiger partial charge in [-0.25, -0.2) is 14.2 Å². The van der Waals surface area contributed by atoms with Crippen LogP contribution in [0.3, 0.4) is 0 Å². The Balaban J connectivity index is 1.54. The third-order valence-electron chi connectivity index (χ3n) is 6.60. The van der Waals surface area contributed by atoms with E-state index in [9.17, 15) is 14.0 Å². The van der Waals surface area contributed by atoms with Gasteiger partial charge in [-0.05, 0) is 88.9 Å². The summed E-state index contributed by atoms with van der Waals surface area (Å²) >= 11 is 11.2. The van der Waals surface area contributed by atoms with E-state index in [1.165, 1.54) is 41.3 Å². The summed E-state index contributed by atoms with van der Waals surface area (Å²) in [4.78, 5) is 31.6. The number of halogens is 3. The molecule has 3 aromatic carbocycles. The second kappa shape index (κ2) is 13.8. The molecule has 1 aliphatic heterocycles. The minimum atomic E-state index is -0.815. The Morgan fingerprint density at radius 3 is 2.57 bits per heavy atom. The van der Waals surface area contributed by atoms with Gasteiger partial charge in [0.1, 0.15) is 12.4 Å². The summed E-state index contributed by atoms with van der Waals surface area (Å²) < 4.78 is 38.4.